The molecule has 170 valence electrons. The Kier molecular flexibility index (Phi) is 6.71. The first-order chi connectivity index (χ1) is 15.4. The Labute approximate surface area is 183 Å². The predicted molar refractivity (Wildman–Crippen MR) is 114 cm³/mol. The van der Waals surface area contributed by atoms with Crippen molar-refractivity contribution in [2.45, 2.75) is 37.9 Å². The van der Waals surface area contributed by atoms with Crippen LogP contribution in [-0.2, 0) is 30.2 Å². The van der Waals surface area contributed by atoms with Crippen molar-refractivity contribution in [1.82, 2.24) is 19.7 Å². The normalized spacial score (nSPS) is 16.4. The van der Waals surface area contributed by atoms with Gasteiger partial charge >= 0.3 is 6.18 Å². The molecule has 0 aliphatic carbocycles. The molecule has 7 nitrogen and oxygen atoms in total. The van der Waals surface area contributed by atoms with Gasteiger partial charge in [-0.05, 0) is 43.4 Å². The highest BCUT2D eigenvalue weighted by atomic mass is 19.4. The molecule has 1 aliphatic heterocycles. The fourth-order valence-electron chi connectivity index (χ4n) is 3.82. The number of nitrogens with one attached hydrogen (secondary N) is 1. The van der Waals surface area contributed by atoms with E-state index in [-0.39, 0.29) is 24.1 Å². The number of rotatable bonds is 8. The standard InChI is InChI=1S/C22H25F3N6O/c23-22(24,25)19-12-27-21(29-17-11-28-31(13-17)18-8-10-32-14-18)30-20(19)6-5-15-3-1-2-4-16(15)7-9-26/h1-4,11-13,18H,5-10,14,26H2,(H,27,29,30). The summed E-state index contributed by atoms with van der Waals surface area (Å²) in [6.45, 7) is 1.76. The summed E-state index contributed by atoms with van der Waals surface area (Å²) in [5.41, 5.74) is 7.41. The van der Waals surface area contributed by atoms with Crippen molar-refractivity contribution in [3.63, 3.8) is 0 Å². The van der Waals surface area contributed by atoms with Crippen molar-refractivity contribution in [2.75, 3.05) is 25.1 Å². The molecule has 0 bridgehead atoms. The zero-order chi connectivity index (χ0) is 22.6. The quantitative estimate of drug-likeness (QED) is 0.549. The Morgan fingerprint density at radius 3 is 2.59 bits per heavy atom. The van der Waals surface area contributed by atoms with Crippen LogP contribution in [0.5, 0.6) is 0 Å². The van der Waals surface area contributed by atoms with E-state index < -0.39 is 11.7 Å². The number of ether oxygens (including phenoxy) is 1. The van der Waals surface area contributed by atoms with E-state index in [2.05, 4.69) is 20.4 Å². The summed E-state index contributed by atoms with van der Waals surface area (Å²) >= 11 is 0. The number of halogens is 3. The van der Waals surface area contributed by atoms with Crippen molar-refractivity contribution < 1.29 is 17.9 Å². The Balaban J connectivity index is 1.53. The molecule has 0 amide bonds. The van der Waals surface area contributed by atoms with Gasteiger partial charge in [-0.25, -0.2) is 9.97 Å². The van der Waals surface area contributed by atoms with E-state index in [1.807, 2.05) is 24.3 Å². The molecule has 1 aromatic carbocycles. The average Bonchev–Trinajstić information content (AvgIpc) is 3.45. The lowest BCUT2D eigenvalue weighted by Gasteiger charge is -2.14. The number of anilines is 2. The fourth-order valence-corrected chi connectivity index (χ4v) is 3.82. The molecule has 3 N–H and O–H groups in total. The summed E-state index contributed by atoms with van der Waals surface area (Å²) in [7, 11) is 0. The molecule has 2 aromatic heterocycles. The van der Waals surface area contributed by atoms with Crippen LogP contribution in [0.25, 0.3) is 0 Å². The van der Waals surface area contributed by atoms with Crippen LogP contribution in [-0.4, -0.2) is 39.5 Å². The van der Waals surface area contributed by atoms with Gasteiger partial charge < -0.3 is 15.8 Å². The van der Waals surface area contributed by atoms with Gasteiger partial charge in [-0.3, -0.25) is 4.68 Å². The molecule has 0 spiro atoms. The van der Waals surface area contributed by atoms with Crippen LogP contribution < -0.4 is 11.1 Å². The predicted octanol–water partition coefficient (Wildman–Crippen LogP) is 3.68. The molecule has 3 aromatic rings. The number of nitrogens with zero attached hydrogens (tertiary/aromatic N) is 4. The lowest BCUT2D eigenvalue weighted by atomic mass is 9.98. The van der Waals surface area contributed by atoms with E-state index >= 15 is 0 Å². The first-order valence-corrected chi connectivity index (χ1v) is 10.5. The van der Waals surface area contributed by atoms with Gasteiger partial charge in [0.25, 0.3) is 0 Å². The number of hydrogen-bond acceptors (Lipinski definition) is 6. The van der Waals surface area contributed by atoms with E-state index in [1.54, 1.807) is 17.1 Å². The minimum absolute atomic E-state index is 0.0471. The number of nitrogens with two attached hydrogens (primary N) is 1. The minimum atomic E-state index is -4.53. The summed E-state index contributed by atoms with van der Waals surface area (Å²) < 4.78 is 47.9. The first kappa shape index (κ1) is 22.2. The largest absolute Gasteiger partial charge is 0.419 e. The second-order valence-corrected chi connectivity index (χ2v) is 7.71. The summed E-state index contributed by atoms with van der Waals surface area (Å²) in [5.74, 6) is 0.102. The number of aryl methyl sites for hydroxylation is 2. The molecule has 1 atom stereocenters. The van der Waals surface area contributed by atoms with E-state index in [1.165, 1.54) is 0 Å². The number of alkyl halides is 3. The Morgan fingerprint density at radius 1 is 1.12 bits per heavy atom. The number of hydrogen-bond donors (Lipinski definition) is 2. The molecular formula is C22H25F3N6O. The Bertz CT molecular complexity index is 1050. The highest BCUT2D eigenvalue weighted by Crippen LogP contribution is 2.32. The average molecular weight is 446 g/mol. The van der Waals surface area contributed by atoms with Crippen LogP contribution in [0.2, 0.25) is 0 Å². The van der Waals surface area contributed by atoms with Crippen molar-refractivity contribution in [2.24, 2.45) is 5.73 Å². The van der Waals surface area contributed by atoms with Gasteiger partial charge in [-0.2, -0.15) is 18.3 Å². The van der Waals surface area contributed by atoms with Crippen LogP contribution in [0.15, 0.2) is 42.9 Å². The Morgan fingerprint density at radius 2 is 1.91 bits per heavy atom. The summed E-state index contributed by atoms with van der Waals surface area (Å²) in [5, 5.41) is 7.27. The zero-order valence-corrected chi connectivity index (χ0v) is 17.5. The number of benzene rings is 1. The maximum Gasteiger partial charge on any atom is 0.419 e. The van der Waals surface area contributed by atoms with E-state index in [0.29, 0.717) is 38.3 Å². The molecule has 0 radical (unpaired) electrons. The lowest BCUT2D eigenvalue weighted by Crippen LogP contribution is -2.14. The van der Waals surface area contributed by atoms with Crippen LogP contribution in [0.3, 0.4) is 0 Å². The third-order valence-corrected chi connectivity index (χ3v) is 5.47. The third kappa shape index (κ3) is 5.25. The van der Waals surface area contributed by atoms with Crippen molar-refractivity contribution >= 4 is 11.6 Å². The highest BCUT2D eigenvalue weighted by molar-refractivity contribution is 5.51. The van der Waals surface area contributed by atoms with Gasteiger partial charge in [0.05, 0.1) is 35.8 Å². The van der Waals surface area contributed by atoms with Gasteiger partial charge in [-0.15, -0.1) is 0 Å². The van der Waals surface area contributed by atoms with Crippen molar-refractivity contribution in [3.05, 3.63) is 65.2 Å². The monoisotopic (exact) mass is 446 g/mol. The molecule has 1 aliphatic rings. The molecule has 32 heavy (non-hydrogen) atoms. The number of aromatic nitrogens is 4. The fraction of sp³-hybridized carbons (Fsp3) is 0.409. The minimum Gasteiger partial charge on any atom is -0.379 e. The van der Waals surface area contributed by atoms with E-state index in [4.69, 9.17) is 10.5 Å². The second kappa shape index (κ2) is 9.66. The van der Waals surface area contributed by atoms with Gasteiger partial charge in [0.1, 0.15) is 0 Å². The smallest absolute Gasteiger partial charge is 0.379 e. The molecule has 1 saturated heterocycles. The van der Waals surface area contributed by atoms with Crippen molar-refractivity contribution in [1.29, 1.82) is 0 Å². The van der Waals surface area contributed by atoms with Gasteiger partial charge in [0.15, 0.2) is 0 Å². The maximum atomic E-state index is 13.6. The van der Waals surface area contributed by atoms with Crippen LogP contribution in [0, 0.1) is 0 Å². The highest BCUT2D eigenvalue weighted by Gasteiger charge is 2.35. The summed E-state index contributed by atoms with van der Waals surface area (Å²) in [6, 6.07) is 7.80. The molecule has 1 fully saturated rings. The first-order valence-electron chi connectivity index (χ1n) is 10.5. The SMILES string of the molecule is NCCc1ccccc1CCc1nc(Nc2cnn(C3CCOC3)c2)ncc1C(F)(F)F. The molecule has 3 heterocycles. The van der Waals surface area contributed by atoms with Gasteiger partial charge in [-0.1, -0.05) is 24.3 Å². The molecule has 0 saturated carbocycles. The van der Waals surface area contributed by atoms with Gasteiger partial charge in [0.2, 0.25) is 5.95 Å². The molecule has 1 unspecified atom stereocenters. The molecule has 4 rings (SSSR count). The van der Waals surface area contributed by atoms with Crippen molar-refractivity contribution in [3.8, 4) is 0 Å². The van der Waals surface area contributed by atoms with Crippen LogP contribution in [0.1, 0.15) is 34.8 Å². The molecular weight excluding hydrogens is 421 g/mol. The summed E-state index contributed by atoms with van der Waals surface area (Å²) in [4.78, 5) is 8.09. The van der Waals surface area contributed by atoms with Crippen LogP contribution in [0.4, 0.5) is 24.8 Å². The second-order valence-electron chi connectivity index (χ2n) is 7.71. The molecule has 10 heteroatoms. The summed E-state index contributed by atoms with van der Waals surface area (Å²) in [6.07, 6.45) is 1.79. The van der Waals surface area contributed by atoms with E-state index in [9.17, 15) is 13.2 Å². The van der Waals surface area contributed by atoms with Gasteiger partial charge in [0, 0.05) is 19.0 Å². The third-order valence-electron chi connectivity index (χ3n) is 5.47. The lowest BCUT2D eigenvalue weighted by molar-refractivity contribution is -0.138. The van der Waals surface area contributed by atoms with E-state index in [0.717, 1.165) is 23.7 Å². The zero-order valence-electron chi connectivity index (χ0n) is 17.5. The maximum absolute atomic E-state index is 13.6. The topological polar surface area (TPSA) is 90.9 Å². The Hall–Kier alpha value is -2.98. The van der Waals surface area contributed by atoms with Crippen LogP contribution >= 0.6 is 0 Å².